The van der Waals surface area contributed by atoms with Crippen molar-refractivity contribution in [3.8, 4) is 11.1 Å². The van der Waals surface area contributed by atoms with Crippen LogP contribution in [0.4, 0.5) is 0 Å². The Balaban J connectivity index is 1.85. The second-order valence-electron chi connectivity index (χ2n) is 6.83. The van der Waals surface area contributed by atoms with Crippen molar-refractivity contribution in [2.24, 2.45) is 0 Å². The molecule has 4 rings (SSSR count). The van der Waals surface area contributed by atoms with Gasteiger partial charge in [0.2, 0.25) is 5.91 Å². The minimum atomic E-state index is -0.416. The van der Waals surface area contributed by atoms with Gasteiger partial charge >= 0.3 is 0 Å². The Bertz CT molecular complexity index is 1010. The van der Waals surface area contributed by atoms with Crippen molar-refractivity contribution in [2.45, 2.75) is 25.8 Å². The zero-order chi connectivity index (χ0) is 18.3. The van der Waals surface area contributed by atoms with Gasteiger partial charge in [-0.1, -0.05) is 18.2 Å². The van der Waals surface area contributed by atoms with Gasteiger partial charge in [0.1, 0.15) is 5.82 Å². The highest BCUT2D eigenvalue weighted by Gasteiger charge is 2.38. The van der Waals surface area contributed by atoms with Gasteiger partial charge in [-0.15, -0.1) is 11.3 Å². The lowest BCUT2D eigenvalue weighted by Gasteiger charge is -2.41. The van der Waals surface area contributed by atoms with Crippen LogP contribution < -0.4 is 5.32 Å². The molecule has 5 heteroatoms. The summed E-state index contributed by atoms with van der Waals surface area (Å²) in [5.41, 5.74) is 3.12. The van der Waals surface area contributed by atoms with Crippen molar-refractivity contribution in [1.82, 2.24) is 15.2 Å². The number of carbonyl (C=O) groups is 1. The molecule has 4 nitrogen and oxygen atoms in total. The molecule has 132 valence electrons. The number of pyridine rings is 1. The summed E-state index contributed by atoms with van der Waals surface area (Å²) in [4.78, 5) is 18.4. The first-order valence-electron chi connectivity index (χ1n) is 8.65. The third-order valence-corrected chi connectivity index (χ3v) is 6.13. The molecule has 1 fully saturated rings. The van der Waals surface area contributed by atoms with Gasteiger partial charge in [-0.25, -0.2) is 0 Å². The summed E-state index contributed by atoms with van der Waals surface area (Å²) in [7, 11) is 1.82. The summed E-state index contributed by atoms with van der Waals surface area (Å²) in [6.45, 7) is 4.06. The van der Waals surface area contributed by atoms with Crippen molar-refractivity contribution in [3.05, 3.63) is 65.6 Å². The van der Waals surface area contributed by atoms with E-state index in [4.69, 9.17) is 0 Å². The molecule has 2 aromatic heterocycles. The average Bonchev–Trinajstić information content (AvgIpc) is 3.10. The number of aromatic nitrogens is 1. The number of allylic oxidation sites excluding steroid dienone is 1. The number of nitrogens with zero attached hydrogens (tertiary/aromatic N) is 2. The van der Waals surface area contributed by atoms with Gasteiger partial charge in [0.25, 0.3) is 0 Å². The average molecular weight is 363 g/mol. The molecule has 0 bridgehead atoms. The highest BCUT2D eigenvalue weighted by atomic mass is 32.1. The predicted molar refractivity (Wildman–Crippen MR) is 107 cm³/mol. The maximum Gasteiger partial charge on any atom is 0.230 e. The van der Waals surface area contributed by atoms with Crippen LogP contribution in [0.2, 0.25) is 0 Å². The Hall–Kier alpha value is -2.66. The molecule has 0 aliphatic carbocycles. The molecule has 0 unspecified atom stereocenters. The van der Waals surface area contributed by atoms with Gasteiger partial charge in [0.15, 0.2) is 0 Å². The fraction of sp³-hybridized carbons (Fsp3) is 0.238. The van der Waals surface area contributed by atoms with Gasteiger partial charge in [-0.05, 0) is 59.5 Å². The Morgan fingerprint density at radius 3 is 2.77 bits per heavy atom. The van der Waals surface area contributed by atoms with Crippen LogP contribution in [-0.4, -0.2) is 22.8 Å². The minimum absolute atomic E-state index is 0.129. The molecule has 26 heavy (non-hydrogen) atoms. The van der Waals surface area contributed by atoms with E-state index in [0.29, 0.717) is 6.42 Å². The lowest BCUT2D eigenvalue weighted by Crippen LogP contribution is -2.52. The fourth-order valence-corrected chi connectivity index (χ4v) is 4.88. The van der Waals surface area contributed by atoms with Crippen LogP contribution in [-0.2, 0) is 10.3 Å². The molecule has 0 saturated carbocycles. The number of rotatable bonds is 2. The Morgan fingerprint density at radius 2 is 2.04 bits per heavy atom. The van der Waals surface area contributed by atoms with Gasteiger partial charge in [0.05, 0.1) is 12.0 Å². The van der Waals surface area contributed by atoms with Gasteiger partial charge in [-0.3, -0.25) is 9.78 Å². The number of benzene rings is 1. The van der Waals surface area contributed by atoms with Crippen molar-refractivity contribution in [3.63, 3.8) is 0 Å². The van der Waals surface area contributed by atoms with E-state index in [1.54, 1.807) is 16.2 Å². The number of nitrogens with one attached hydrogen (secondary N) is 1. The Morgan fingerprint density at radius 1 is 1.27 bits per heavy atom. The van der Waals surface area contributed by atoms with E-state index in [0.717, 1.165) is 11.4 Å². The number of hydrogen-bond donors (Lipinski definition) is 1. The quantitative estimate of drug-likeness (QED) is 0.729. The third kappa shape index (κ3) is 2.59. The van der Waals surface area contributed by atoms with Crippen LogP contribution in [0.3, 0.4) is 0 Å². The topological polar surface area (TPSA) is 45.2 Å². The molecular weight excluding hydrogens is 342 g/mol. The summed E-state index contributed by atoms with van der Waals surface area (Å²) >= 11 is 1.73. The maximum absolute atomic E-state index is 12.5. The minimum Gasteiger partial charge on any atom is -0.362 e. The van der Waals surface area contributed by atoms with Crippen LogP contribution in [0.5, 0.6) is 0 Å². The largest absolute Gasteiger partial charge is 0.362 e. The zero-order valence-corrected chi connectivity index (χ0v) is 15.9. The number of hydrogen-bond acceptors (Lipinski definition) is 4. The molecular formula is C21H21N3OS. The smallest absolute Gasteiger partial charge is 0.230 e. The molecule has 3 aromatic rings. The van der Waals surface area contributed by atoms with Crippen molar-refractivity contribution in [2.75, 3.05) is 7.05 Å². The normalized spacial score (nSPS) is 22.0. The van der Waals surface area contributed by atoms with Gasteiger partial charge in [0, 0.05) is 24.1 Å². The molecule has 1 aliphatic rings. The van der Waals surface area contributed by atoms with Crippen LogP contribution in [0.15, 0.2) is 60.0 Å². The molecule has 1 saturated heterocycles. The molecule has 1 N–H and O–H groups in total. The Kier molecular flexibility index (Phi) is 4.04. The maximum atomic E-state index is 12.5. The van der Waals surface area contributed by atoms with E-state index in [2.05, 4.69) is 40.8 Å². The summed E-state index contributed by atoms with van der Waals surface area (Å²) in [6, 6.07) is 10.4. The van der Waals surface area contributed by atoms with E-state index in [1.807, 2.05) is 44.6 Å². The first-order valence-corrected chi connectivity index (χ1v) is 9.53. The Labute approximate surface area is 157 Å². The highest BCUT2D eigenvalue weighted by Crippen LogP contribution is 2.42. The van der Waals surface area contributed by atoms with Crippen LogP contribution in [0.25, 0.3) is 21.2 Å². The van der Waals surface area contributed by atoms with E-state index in [9.17, 15) is 4.79 Å². The van der Waals surface area contributed by atoms with E-state index in [1.165, 1.54) is 21.2 Å². The van der Waals surface area contributed by atoms with Crippen LogP contribution in [0, 0.1) is 0 Å². The molecule has 1 aliphatic heterocycles. The summed E-state index contributed by atoms with van der Waals surface area (Å²) in [5.74, 6) is 0.984. The first kappa shape index (κ1) is 16.8. The van der Waals surface area contributed by atoms with E-state index >= 15 is 0 Å². The third-order valence-electron chi connectivity index (χ3n) is 5.10. The van der Waals surface area contributed by atoms with E-state index in [-0.39, 0.29) is 5.91 Å². The molecule has 0 spiro atoms. The lowest BCUT2D eigenvalue weighted by atomic mass is 9.85. The molecule has 0 radical (unpaired) electrons. The highest BCUT2D eigenvalue weighted by molar-refractivity contribution is 7.18. The fourth-order valence-electron chi connectivity index (χ4n) is 3.64. The first-order chi connectivity index (χ1) is 12.5. The standard InChI is InChI=1S/C21H21N3OS/c1-4-18-23-21(2,12-19(25)24(18)3)17-13-26-20-15(6-5-7-16(17)20)14-8-10-22-11-9-14/h4-11,13,23H,12H2,1-3H3/t21-/m0/s1. The van der Waals surface area contributed by atoms with Crippen LogP contribution >= 0.6 is 11.3 Å². The summed E-state index contributed by atoms with van der Waals surface area (Å²) < 4.78 is 1.24. The molecule has 1 atom stereocenters. The zero-order valence-electron chi connectivity index (χ0n) is 15.1. The molecule has 1 amide bonds. The molecule has 1 aromatic carbocycles. The van der Waals surface area contributed by atoms with Crippen molar-refractivity contribution >= 4 is 27.3 Å². The number of thiophene rings is 1. The number of carbonyl (C=O) groups excluding carboxylic acids is 1. The van der Waals surface area contributed by atoms with Gasteiger partial charge < -0.3 is 10.2 Å². The lowest BCUT2D eigenvalue weighted by molar-refractivity contribution is -0.132. The monoisotopic (exact) mass is 363 g/mol. The predicted octanol–water partition coefficient (Wildman–Crippen LogP) is 4.49. The second-order valence-corrected chi connectivity index (χ2v) is 7.71. The van der Waals surface area contributed by atoms with Crippen LogP contribution in [0.1, 0.15) is 25.8 Å². The molecule has 3 heterocycles. The second kappa shape index (κ2) is 6.25. The van der Waals surface area contributed by atoms with E-state index < -0.39 is 5.54 Å². The van der Waals surface area contributed by atoms with Crippen molar-refractivity contribution < 1.29 is 4.79 Å². The summed E-state index contributed by atoms with van der Waals surface area (Å²) in [5, 5.41) is 6.97. The number of amides is 1. The summed E-state index contributed by atoms with van der Waals surface area (Å²) in [6.07, 6.45) is 6.03. The number of fused-ring (bicyclic) bond motifs is 1. The van der Waals surface area contributed by atoms with Crippen molar-refractivity contribution in [1.29, 1.82) is 0 Å². The SMILES string of the molecule is CC=C1N[C@](C)(c2csc3c(-c4ccncc4)cccc23)CC(=O)N1C. The van der Waals surface area contributed by atoms with Gasteiger partial charge in [-0.2, -0.15) is 0 Å².